The van der Waals surface area contributed by atoms with E-state index in [1.54, 1.807) is 12.1 Å². The Morgan fingerprint density at radius 3 is 2.52 bits per heavy atom. The lowest BCUT2D eigenvalue weighted by molar-refractivity contribution is 0.0803. The van der Waals surface area contributed by atoms with E-state index in [-0.39, 0.29) is 11.9 Å². The molecule has 3 atom stereocenters. The van der Waals surface area contributed by atoms with Gasteiger partial charge in [0, 0.05) is 5.56 Å². The van der Waals surface area contributed by atoms with Crippen LogP contribution in [0.4, 0.5) is 0 Å². The van der Waals surface area contributed by atoms with E-state index < -0.39 is 11.5 Å². The minimum atomic E-state index is -0.797. The van der Waals surface area contributed by atoms with Crippen molar-refractivity contribution in [1.82, 2.24) is 5.32 Å². The summed E-state index contributed by atoms with van der Waals surface area (Å²) in [5, 5.41) is 12.7. The molecule has 0 fully saturated rings. The van der Waals surface area contributed by atoms with Crippen LogP contribution in [0.2, 0.25) is 0 Å². The van der Waals surface area contributed by atoms with Gasteiger partial charge in [0.2, 0.25) is 0 Å². The number of carbonyl (C=O) groups is 1. The number of halogens is 1. The molecule has 0 radical (unpaired) electrons. The quantitative estimate of drug-likeness (QED) is 0.838. The zero-order valence-electron chi connectivity index (χ0n) is 11.4. The van der Waals surface area contributed by atoms with Crippen molar-refractivity contribution in [2.45, 2.75) is 23.9 Å². The van der Waals surface area contributed by atoms with E-state index in [1.165, 1.54) is 0 Å². The van der Waals surface area contributed by atoms with Gasteiger partial charge in [0.25, 0.3) is 5.91 Å². The fourth-order valence-corrected chi connectivity index (χ4v) is 3.10. The fourth-order valence-electron chi connectivity index (χ4n) is 2.71. The molecule has 2 aromatic carbocycles. The van der Waals surface area contributed by atoms with E-state index in [2.05, 4.69) is 5.32 Å². The highest BCUT2D eigenvalue weighted by Gasteiger charge is 2.35. The molecule has 3 nitrogen and oxygen atoms in total. The number of nitrogens with one attached hydrogen (secondary N) is 1. The van der Waals surface area contributed by atoms with Crippen LogP contribution in [0.3, 0.4) is 0 Å². The lowest BCUT2D eigenvalue weighted by Gasteiger charge is -2.33. The molecule has 0 spiro atoms. The van der Waals surface area contributed by atoms with Gasteiger partial charge in [-0.25, -0.2) is 0 Å². The molecule has 21 heavy (non-hydrogen) atoms. The summed E-state index contributed by atoms with van der Waals surface area (Å²) in [6.45, 7) is 0. The summed E-state index contributed by atoms with van der Waals surface area (Å²) < 4.78 is 0. The highest BCUT2D eigenvalue weighted by molar-refractivity contribution is 6.21. The standard InChI is InChI=1S/C17H16ClNO2/c18-15-13-9-5-4-8-12(13)10-14(16(15)20)19-17(21)11-6-2-1-3-7-11/h1-9,14-16,20H,10H2,(H,19,21). The molecule has 4 heteroatoms. The second-order valence-electron chi connectivity index (χ2n) is 5.24. The van der Waals surface area contributed by atoms with Gasteiger partial charge in [0.1, 0.15) is 0 Å². The second-order valence-corrected chi connectivity index (χ2v) is 5.71. The molecule has 3 rings (SSSR count). The van der Waals surface area contributed by atoms with Gasteiger partial charge in [-0.05, 0) is 29.7 Å². The molecule has 1 aliphatic rings. The maximum absolute atomic E-state index is 12.2. The van der Waals surface area contributed by atoms with Crippen LogP contribution >= 0.6 is 11.6 Å². The number of alkyl halides is 1. The van der Waals surface area contributed by atoms with Gasteiger partial charge in [-0.3, -0.25) is 4.79 Å². The molecule has 0 saturated carbocycles. The van der Waals surface area contributed by atoms with Crippen molar-refractivity contribution in [2.75, 3.05) is 0 Å². The SMILES string of the molecule is O=C(NC1Cc2ccccc2C(Cl)C1O)c1ccccc1. The lowest BCUT2D eigenvalue weighted by atomic mass is 9.85. The van der Waals surface area contributed by atoms with Crippen LogP contribution in [0.1, 0.15) is 26.9 Å². The maximum atomic E-state index is 12.2. The van der Waals surface area contributed by atoms with Gasteiger partial charge in [-0.2, -0.15) is 0 Å². The number of aliphatic hydroxyl groups is 1. The van der Waals surface area contributed by atoms with Crippen LogP contribution in [0, 0.1) is 0 Å². The maximum Gasteiger partial charge on any atom is 0.251 e. The Morgan fingerprint density at radius 2 is 1.76 bits per heavy atom. The van der Waals surface area contributed by atoms with Crippen molar-refractivity contribution in [3.05, 3.63) is 71.3 Å². The third-order valence-corrected chi connectivity index (χ3v) is 4.35. The Morgan fingerprint density at radius 1 is 1.10 bits per heavy atom. The number of hydrogen-bond acceptors (Lipinski definition) is 2. The van der Waals surface area contributed by atoms with Crippen molar-refractivity contribution in [3.63, 3.8) is 0 Å². The molecular weight excluding hydrogens is 286 g/mol. The van der Waals surface area contributed by atoms with Crippen molar-refractivity contribution >= 4 is 17.5 Å². The lowest BCUT2D eigenvalue weighted by Crippen LogP contribution is -2.48. The van der Waals surface area contributed by atoms with Gasteiger partial charge in [-0.15, -0.1) is 11.6 Å². The molecule has 0 bridgehead atoms. The largest absolute Gasteiger partial charge is 0.389 e. The van der Waals surface area contributed by atoms with Crippen LogP contribution in [0.25, 0.3) is 0 Å². The Bertz CT molecular complexity index is 644. The van der Waals surface area contributed by atoms with E-state index >= 15 is 0 Å². The fraction of sp³-hybridized carbons (Fsp3) is 0.235. The molecule has 0 aliphatic heterocycles. The van der Waals surface area contributed by atoms with Crippen LogP contribution in [-0.4, -0.2) is 23.2 Å². The molecule has 2 aromatic rings. The predicted octanol–water partition coefficient (Wildman–Crippen LogP) is 2.68. The monoisotopic (exact) mass is 301 g/mol. The molecule has 1 amide bonds. The topological polar surface area (TPSA) is 49.3 Å². The Kier molecular flexibility index (Phi) is 3.95. The predicted molar refractivity (Wildman–Crippen MR) is 82.4 cm³/mol. The summed E-state index contributed by atoms with van der Waals surface area (Å²) in [7, 11) is 0. The van der Waals surface area contributed by atoms with Gasteiger partial charge < -0.3 is 10.4 Å². The summed E-state index contributed by atoms with van der Waals surface area (Å²) in [5.41, 5.74) is 2.59. The van der Waals surface area contributed by atoms with Crippen LogP contribution in [0.15, 0.2) is 54.6 Å². The number of benzene rings is 2. The summed E-state index contributed by atoms with van der Waals surface area (Å²) >= 11 is 6.32. The normalized spacial score (nSPS) is 24.2. The first-order valence-corrected chi connectivity index (χ1v) is 7.36. The number of aliphatic hydroxyl groups excluding tert-OH is 1. The molecule has 0 heterocycles. The summed E-state index contributed by atoms with van der Waals surface area (Å²) in [4.78, 5) is 12.2. The first-order chi connectivity index (χ1) is 10.2. The number of carbonyl (C=O) groups excluding carboxylic acids is 1. The van der Waals surface area contributed by atoms with Crippen molar-refractivity contribution < 1.29 is 9.90 Å². The Labute approximate surface area is 128 Å². The third-order valence-electron chi connectivity index (χ3n) is 3.86. The molecule has 1 aliphatic carbocycles. The Balaban J connectivity index is 1.80. The number of amides is 1. The average molecular weight is 302 g/mol. The zero-order chi connectivity index (χ0) is 14.8. The van der Waals surface area contributed by atoms with Crippen LogP contribution in [-0.2, 0) is 6.42 Å². The van der Waals surface area contributed by atoms with Crippen molar-refractivity contribution in [3.8, 4) is 0 Å². The zero-order valence-corrected chi connectivity index (χ0v) is 12.1. The van der Waals surface area contributed by atoms with E-state index in [9.17, 15) is 9.90 Å². The number of rotatable bonds is 2. The van der Waals surface area contributed by atoms with Gasteiger partial charge in [0.15, 0.2) is 0 Å². The second kappa shape index (κ2) is 5.88. The molecule has 0 saturated heterocycles. The highest BCUT2D eigenvalue weighted by atomic mass is 35.5. The molecule has 0 aromatic heterocycles. The van der Waals surface area contributed by atoms with E-state index in [0.29, 0.717) is 12.0 Å². The summed E-state index contributed by atoms with van der Waals surface area (Å²) in [6, 6.07) is 16.3. The number of fused-ring (bicyclic) bond motifs is 1. The van der Waals surface area contributed by atoms with E-state index in [0.717, 1.165) is 11.1 Å². The third kappa shape index (κ3) is 2.80. The Hall–Kier alpha value is -1.84. The molecular formula is C17H16ClNO2. The van der Waals surface area contributed by atoms with Gasteiger partial charge >= 0.3 is 0 Å². The first-order valence-electron chi connectivity index (χ1n) is 6.92. The van der Waals surface area contributed by atoms with Gasteiger partial charge in [-0.1, -0.05) is 42.5 Å². The van der Waals surface area contributed by atoms with Crippen molar-refractivity contribution in [2.24, 2.45) is 0 Å². The smallest absolute Gasteiger partial charge is 0.251 e. The minimum Gasteiger partial charge on any atom is -0.389 e. The molecule has 3 unspecified atom stereocenters. The van der Waals surface area contributed by atoms with Crippen LogP contribution in [0.5, 0.6) is 0 Å². The van der Waals surface area contributed by atoms with Crippen LogP contribution < -0.4 is 5.32 Å². The van der Waals surface area contributed by atoms with E-state index in [4.69, 9.17) is 11.6 Å². The minimum absolute atomic E-state index is 0.192. The molecule has 108 valence electrons. The first kappa shape index (κ1) is 14.1. The summed E-state index contributed by atoms with van der Waals surface area (Å²) in [5.74, 6) is -0.192. The highest BCUT2D eigenvalue weighted by Crippen LogP contribution is 2.34. The summed E-state index contributed by atoms with van der Waals surface area (Å²) in [6.07, 6.45) is -0.215. The van der Waals surface area contributed by atoms with E-state index in [1.807, 2.05) is 42.5 Å². The number of hydrogen-bond donors (Lipinski definition) is 2. The molecule has 2 N–H and O–H groups in total. The average Bonchev–Trinajstić information content (AvgIpc) is 2.53. The van der Waals surface area contributed by atoms with Gasteiger partial charge in [0.05, 0.1) is 17.5 Å². The van der Waals surface area contributed by atoms with Crippen molar-refractivity contribution in [1.29, 1.82) is 0 Å².